The van der Waals surface area contributed by atoms with E-state index in [9.17, 15) is 8.78 Å². The van der Waals surface area contributed by atoms with Gasteiger partial charge in [0.2, 0.25) is 0 Å². The lowest BCUT2D eigenvalue weighted by Gasteiger charge is -2.15. The molecule has 0 aliphatic heterocycles. The van der Waals surface area contributed by atoms with E-state index >= 15 is 0 Å². The molecule has 122 valence electrons. The average molecular weight is 336 g/mol. The van der Waals surface area contributed by atoms with Crippen LogP contribution in [0.3, 0.4) is 0 Å². The van der Waals surface area contributed by atoms with Crippen LogP contribution in [-0.2, 0) is 0 Å². The van der Waals surface area contributed by atoms with E-state index in [4.69, 9.17) is 12.2 Å². The number of halogens is 2. The highest BCUT2D eigenvalue weighted by molar-refractivity contribution is 7.80. The van der Waals surface area contributed by atoms with Crippen LogP contribution in [0, 0.1) is 20.8 Å². The second-order valence-corrected chi connectivity index (χ2v) is 5.74. The van der Waals surface area contributed by atoms with E-state index in [1.165, 1.54) is 6.07 Å². The fraction of sp³-hybridized carbons (Fsp3) is 0.235. The highest BCUT2D eigenvalue weighted by atomic mass is 32.1. The second-order valence-electron chi connectivity index (χ2n) is 5.33. The summed E-state index contributed by atoms with van der Waals surface area (Å²) in [4.78, 5) is 0. The summed E-state index contributed by atoms with van der Waals surface area (Å²) in [6, 6.07) is 10.8. The topological polar surface area (TPSA) is 33.3 Å². The van der Waals surface area contributed by atoms with Gasteiger partial charge >= 0.3 is 6.61 Å². The van der Waals surface area contributed by atoms with Gasteiger partial charge in [0.15, 0.2) is 5.11 Å². The number of benzene rings is 2. The SMILES string of the molecule is Cc1cc(C)cc(NC(=S)Nc2cc(C)ccc2OC(F)F)c1. The third-order valence-electron chi connectivity index (χ3n) is 3.08. The van der Waals surface area contributed by atoms with Crippen molar-refractivity contribution in [3.05, 3.63) is 53.1 Å². The van der Waals surface area contributed by atoms with Crippen molar-refractivity contribution in [3.8, 4) is 5.75 Å². The van der Waals surface area contributed by atoms with Crippen molar-refractivity contribution in [2.75, 3.05) is 10.6 Å². The molecule has 0 radical (unpaired) electrons. The van der Waals surface area contributed by atoms with Gasteiger partial charge in [-0.3, -0.25) is 0 Å². The average Bonchev–Trinajstić information content (AvgIpc) is 2.40. The number of thiocarbonyl (C=S) groups is 1. The quantitative estimate of drug-likeness (QED) is 0.768. The van der Waals surface area contributed by atoms with Gasteiger partial charge in [-0.05, 0) is 73.9 Å². The van der Waals surface area contributed by atoms with Crippen LogP contribution < -0.4 is 15.4 Å². The Kier molecular flexibility index (Phi) is 5.50. The Bertz CT molecular complexity index is 699. The molecule has 2 rings (SSSR count). The third-order valence-corrected chi connectivity index (χ3v) is 3.28. The van der Waals surface area contributed by atoms with Gasteiger partial charge < -0.3 is 15.4 Å². The van der Waals surface area contributed by atoms with Crippen LogP contribution >= 0.6 is 12.2 Å². The summed E-state index contributed by atoms with van der Waals surface area (Å²) in [6.07, 6.45) is 0. The zero-order valence-electron chi connectivity index (χ0n) is 13.1. The number of aryl methyl sites for hydroxylation is 3. The van der Waals surface area contributed by atoms with Crippen molar-refractivity contribution < 1.29 is 13.5 Å². The van der Waals surface area contributed by atoms with Gasteiger partial charge in [-0.25, -0.2) is 0 Å². The molecule has 0 saturated heterocycles. The summed E-state index contributed by atoms with van der Waals surface area (Å²) < 4.78 is 29.5. The molecular formula is C17H18F2N2OS. The van der Waals surface area contributed by atoms with E-state index in [1.54, 1.807) is 12.1 Å². The maximum Gasteiger partial charge on any atom is 0.387 e. The molecule has 0 fully saturated rings. The first kappa shape index (κ1) is 17.1. The molecule has 0 unspecified atom stereocenters. The molecule has 0 amide bonds. The van der Waals surface area contributed by atoms with Gasteiger partial charge in [-0.2, -0.15) is 8.78 Å². The third kappa shape index (κ3) is 5.17. The summed E-state index contributed by atoms with van der Waals surface area (Å²) in [5, 5.41) is 6.26. The Hall–Kier alpha value is -2.21. The fourth-order valence-electron chi connectivity index (χ4n) is 2.27. The minimum atomic E-state index is -2.89. The molecule has 0 aromatic heterocycles. The summed E-state index contributed by atoms with van der Waals surface area (Å²) in [7, 11) is 0. The highest BCUT2D eigenvalue weighted by Gasteiger charge is 2.11. The molecule has 3 nitrogen and oxygen atoms in total. The van der Waals surface area contributed by atoms with Crippen LogP contribution in [0.2, 0.25) is 0 Å². The Morgan fingerprint density at radius 1 is 0.957 bits per heavy atom. The van der Waals surface area contributed by atoms with Gasteiger partial charge in [-0.15, -0.1) is 0 Å². The largest absolute Gasteiger partial charge is 0.433 e. The zero-order chi connectivity index (χ0) is 17.0. The highest BCUT2D eigenvalue weighted by Crippen LogP contribution is 2.27. The summed E-state index contributed by atoms with van der Waals surface area (Å²) >= 11 is 5.26. The van der Waals surface area contributed by atoms with Gasteiger partial charge in [0.05, 0.1) is 5.69 Å². The zero-order valence-corrected chi connectivity index (χ0v) is 13.9. The Balaban J connectivity index is 2.14. The number of anilines is 2. The van der Waals surface area contributed by atoms with Crippen LogP contribution in [0.4, 0.5) is 20.2 Å². The van der Waals surface area contributed by atoms with Crippen LogP contribution in [0.25, 0.3) is 0 Å². The van der Waals surface area contributed by atoms with Crippen molar-refractivity contribution >= 4 is 28.7 Å². The molecule has 0 spiro atoms. The number of hydrogen-bond donors (Lipinski definition) is 2. The van der Waals surface area contributed by atoms with Gasteiger partial charge in [0.1, 0.15) is 5.75 Å². The number of hydrogen-bond acceptors (Lipinski definition) is 2. The van der Waals surface area contributed by atoms with Crippen molar-refractivity contribution in [2.24, 2.45) is 0 Å². The number of alkyl halides is 2. The van der Waals surface area contributed by atoms with E-state index in [0.717, 1.165) is 22.4 Å². The van der Waals surface area contributed by atoms with Crippen LogP contribution in [0.15, 0.2) is 36.4 Å². The lowest BCUT2D eigenvalue weighted by atomic mass is 10.1. The lowest BCUT2D eigenvalue weighted by Crippen LogP contribution is -2.20. The summed E-state index contributed by atoms with van der Waals surface area (Å²) in [6.45, 7) is 2.95. The molecule has 0 atom stereocenters. The Labute approximate surface area is 139 Å². The van der Waals surface area contributed by atoms with E-state index in [1.807, 2.05) is 32.9 Å². The van der Waals surface area contributed by atoms with Crippen molar-refractivity contribution in [1.29, 1.82) is 0 Å². The van der Waals surface area contributed by atoms with Gasteiger partial charge in [-0.1, -0.05) is 12.1 Å². The van der Waals surface area contributed by atoms with Crippen LogP contribution in [-0.4, -0.2) is 11.7 Å². The fourth-order valence-corrected chi connectivity index (χ4v) is 2.50. The predicted molar refractivity (Wildman–Crippen MR) is 93.6 cm³/mol. The van der Waals surface area contributed by atoms with E-state index in [-0.39, 0.29) is 5.75 Å². The predicted octanol–water partition coefficient (Wildman–Crippen LogP) is 5.02. The second kappa shape index (κ2) is 7.37. The Morgan fingerprint density at radius 2 is 1.61 bits per heavy atom. The van der Waals surface area contributed by atoms with Gasteiger partial charge in [0, 0.05) is 5.69 Å². The van der Waals surface area contributed by atoms with Crippen molar-refractivity contribution in [3.63, 3.8) is 0 Å². The minimum absolute atomic E-state index is 0.0511. The summed E-state index contributed by atoms with van der Waals surface area (Å²) in [5.74, 6) is 0.0511. The lowest BCUT2D eigenvalue weighted by molar-refractivity contribution is -0.0493. The molecule has 2 aromatic rings. The molecule has 2 aromatic carbocycles. The van der Waals surface area contributed by atoms with E-state index in [2.05, 4.69) is 21.4 Å². The van der Waals surface area contributed by atoms with Crippen LogP contribution in [0.5, 0.6) is 5.75 Å². The molecule has 0 heterocycles. The molecule has 2 N–H and O–H groups in total. The molecule has 23 heavy (non-hydrogen) atoms. The normalized spacial score (nSPS) is 10.5. The Morgan fingerprint density at radius 3 is 2.22 bits per heavy atom. The van der Waals surface area contributed by atoms with Crippen molar-refractivity contribution in [1.82, 2.24) is 0 Å². The standard InChI is InChI=1S/C17H18F2N2OS/c1-10-4-5-15(22-16(18)19)14(9-10)21-17(23)20-13-7-11(2)6-12(3)8-13/h4-9,16H,1-3H3,(H2,20,21,23). The maximum atomic E-state index is 12.5. The number of rotatable bonds is 4. The smallest absolute Gasteiger partial charge is 0.387 e. The molecular weight excluding hydrogens is 318 g/mol. The summed E-state index contributed by atoms with van der Waals surface area (Å²) in [5.41, 5.74) is 4.35. The minimum Gasteiger partial charge on any atom is -0.433 e. The first-order valence-corrected chi connectivity index (χ1v) is 7.46. The molecule has 0 bridgehead atoms. The molecule has 0 aliphatic rings. The molecule has 0 aliphatic carbocycles. The molecule has 0 saturated carbocycles. The monoisotopic (exact) mass is 336 g/mol. The first-order chi connectivity index (χ1) is 10.8. The van der Waals surface area contributed by atoms with Crippen molar-refractivity contribution in [2.45, 2.75) is 27.4 Å². The first-order valence-electron chi connectivity index (χ1n) is 7.05. The van der Waals surface area contributed by atoms with Crippen LogP contribution in [0.1, 0.15) is 16.7 Å². The van der Waals surface area contributed by atoms with Gasteiger partial charge in [0.25, 0.3) is 0 Å². The van der Waals surface area contributed by atoms with E-state index in [0.29, 0.717) is 10.8 Å². The number of ether oxygens (including phenoxy) is 1. The number of nitrogens with one attached hydrogen (secondary N) is 2. The van der Waals surface area contributed by atoms with E-state index < -0.39 is 6.61 Å². The maximum absolute atomic E-state index is 12.5. The molecule has 6 heteroatoms.